The molecule has 2 nitrogen and oxygen atoms in total. The molecule has 0 aliphatic carbocycles. The third-order valence-corrected chi connectivity index (χ3v) is 7.76. The van der Waals surface area contributed by atoms with Gasteiger partial charge in [0.15, 0.2) is 0 Å². The molecule has 29 heavy (non-hydrogen) atoms. The first-order chi connectivity index (χ1) is 14.1. The fourth-order valence-electron chi connectivity index (χ4n) is 3.21. The van der Waals surface area contributed by atoms with Gasteiger partial charge >= 0.3 is 0 Å². The Morgan fingerprint density at radius 2 is 0.862 bits per heavy atom. The lowest BCUT2D eigenvalue weighted by molar-refractivity contribution is 1.43. The molecule has 0 saturated carbocycles. The Morgan fingerprint density at radius 1 is 0.483 bits per heavy atom. The fourth-order valence-corrected chi connectivity index (χ4v) is 6.26. The van der Waals surface area contributed by atoms with Crippen molar-refractivity contribution in [2.45, 2.75) is 19.6 Å². The zero-order valence-corrected chi connectivity index (χ0v) is 17.9. The van der Waals surface area contributed by atoms with Gasteiger partial charge in [0.1, 0.15) is 0 Å². The molecule has 0 bridgehead atoms. The summed E-state index contributed by atoms with van der Waals surface area (Å²) in [4.78, 5) is 4.87. The Kier molecular flexibility index (Phi) is 4.87. The van der Waals surface area contributed by atoms with Gasteiger partial charge in [0.2, 0.25) is 0 Å². The highest BCUT2D eigenvalue weighted by Gasteiger charge is 2.08. The maximum absolute atomic E-state index is 5.79. The van der Waals surface area contributed by atoms with E-state index in [4.69, 9.17) is 11.5 Å². The zero-order chi connectivity index (χ0) is 19.8. The SMILES string of the molecule is Nc1ccc(Sc2ccc3c(c2)sc2cc(Sc4ccc(N)cc4)ccc23)cc1. The summed E-state index contributed by atoms with van der Waals surface area (Å²) in [6.07, 6.45) is 0. The van der Waals surface area contributed by atoms with Crippen molar-refractivity contribution < 1.29 is 0 Å². The molecule has 1 aromatic heterocycles. The number of hydrogen-bond acceptors (Lipinski definition) is 5. The molecule has 0 atom stereocenters. The number of nitrogens with two attached hydrogens (primary N) is 2. The minimum atomic E-state index is 0.793. The van der Waals surface area contributed by atoms with Crippen molar-refractivity contribution in [3.05, 3.63) is 84.9 Å². The van der Waals surface area contributed by atoms with Crippen LogP contribution < -0.4 is 11.5 Å². The average Bonchev–Trinajstić information content (AvgIpc) is 3.08. The Morgan fingerprint density at radius 3 is 1.28 bits per heavy atom. The van der Waals surface area contributed by atoms with Gasteiger partial charge in [-0.25, -0.2) is 0 Å². The number of thiophene rings is 1. The van der Waals surface area contributed by atoms with E-state index in [1.165, 1.54) is 39.8 Å². The first-order valence-corrected chi connectivity index (χ1v) is 11.6. The second-order valence-electron chi connectivity index (χ2n) is 6.76. The van der Waals surface area contributed by atoms with E-state index in [2.05, 4.69) is 60.7 Å². The molecule has 0 fully saturated rings. The van der Waals surface area contributed by atoms with Gasteiger partial charge in [-0.3, -0.25) is 0 Å². The van der Waals surface area contributed by atoms with Gasteiger partial charge in [-0.15, -0.1) is 11.3 Å². The smallest absolute Gasteiger partial charge is 0.0366 e. The number of benzene rings is 4. The molecule has 0 unspecified atom stereocenters. The van der Waals surface area contributed by atoms with Gasteiger partial charge in [0, 0.05) is 51.1 Å². The first kappa shape index (κ1) is 18.4. The van der Waals surface area contributed by atoms with Crippen LogP contribution in [-0.4, -0.2) is 0 Å². The van der Waals surface area contributed by atoms with E-state index in [0.717, 1.165) is 11.4 Å². The number of anilines is 2. The zero-order valence-electron chi connectivity index (χ0n) is 15.5. The summed E-state index contributed by atoms with van der Waals surface area (Å²) in [5, 5.41) is 2.63. The molecule has 142 valence electrons. The molecule has 0 saturated heterocycles. The quantitative estimate of drug-likeness (QED) is 0.289. The Hall–Kier alpha value is -2.60. The van der Waals surface area contributed by atoms with Crippen LogP contribution in [0.1, 0.15) is 0 Å². The maximum Gasteiger partial charge on any atom is 0.0366 e. The summed E-state index contributed by atoms with van der Waals surface area (Å²) in [6, 6.07) is 29.5. The summed E-state index contributed by atoms with van der Waals surface area (Å²) >= 11 is 5.38. The predicted molar refractivity (Wildman–Crippen MR) is 129 cm³/mol. The van der Waals surface area contributed by atoms with Crippen LogP contribution in [0.3, 0.4) is 0 Å². The second kappa shape index (κ2) is 7.67. The number of rotatable bonds is 4. The molecule has 4 aromatic carbocycles. The minimum Gasteiger partial charge on any atom is -0.399 e. The lowest BCUT2D eigenvalue weighted by Crippen LogP contribution is -1.82. The van der Waals surface area contributed by atoms with E-state index in [1.54, 1.807) is 23.5 Å². The molecular weight excluding hydrogens is 412 g/mol. The first-order valence-electron chi connectivity index (χ1n) is 9.17. The van der Waals surface area contributed by atoms with Gasteiger partial charge < -0.3 is 11.5 Å². The van der Waals surface area contributed by atoms with Crippen molar-refractivity contribution in [3.63, 3.8) is 0 Å². The Labute approximate surface area is 181 Å². The van der Waals surface area contributed by atoms with Crippen molar-refractivity contribution in [1.82, 2.24) is 0 Å². The number of hydrogen-bond donors (Lipinski definition) is 2. The summed E-state index contributed by atoms with van der Waals surface area (Å²) in [5.74, 6) is 0. The van der Waals surface area contributed by atoms with Gasteiger partial charge in [-0.2, -0.15) is 0 Å². The monoisotopic (exact) mass is 430 g/mol. The van der Waals surface area contributed by atoms with Crippen molar-refractivity contribution in [2.75, 3.05) is 11.5 Å². The van der Waals surface area contributed by atoms with E-state index in [9.17, 15) is 0 Å². The second-order valence-corrected chi connectivity index (χ2v) is 10.1. The normalized spacial score (nSPS) is 11.3. The topological polar surface area (TPSA) is 52.0 Å². The van der Waals surface area contributed by atoms with Crippen LogP contribution in [0.25, 0.3) is 20.2 Å². The Balaban J connectivity index is 1.45. The van der Waals surface area contributed by atoms with E-state index in [1.807, 2.05) is 35.6 Å². The highest BCUT2D eigenvalue weighted by molar-refractivity contribution is 7.99. The van der Waals surface area contributed by atoms with E-state index in [-0.39, 0.29) is 0 Å². The number of fused-ring (bicyclic) bond motifs is 3. The lowest BCUT2D eigenvalue weighted by atomic mass is 10.1. The summed E-state index contributed by atoms with van der Waals surface area (Å²) in [7, 11) is 0. The van der Waals surface area contributed by atoms with Crippen LogP contribution in [0, 0.1) is 0 Å². The molecule has 5 heteroatoms. The van der Waals surface area contributed by atoms with Crippen LogP contribution in [0.4, 0.5) is 11.4 Å². The lowest BCUT2D eigenvalue weighted by Gasteiger charge is -2.03. The summed E-state index contributed by atoms with van der Waals surface area (Å²) < 4.78 is 2.63. The van der Waals surface area contributed by atoms with Crippen LogP contribution in [0.5, 0.6) is 0 Å². The van der Waals surface area contributed by atoms with Crippen LogP contribution >= 0.6 is 34.9 Å². The molecule has 0 radical (unpaired) electrons. The standard InChI is InChI=1S/C24H18N2S3/c25-15-1-5-17(6-2-15)27-19-9-11-21-22-12-10-20(14-24(22)29-23(21)13-19)28-18-7-3-16(26)4-8-18/h1-14H,25-26H2. The molecule has 0 aliphatic heterocycles. The average molecular weight is 431 g/mol. The molecule has 0 aliphatic rings. The molecule has 4 N–H and O–H groups in total. The van der Waals surface area contributed by atoms with Crippen molar-refractivity contribution >= 4 is 66.4 Å². The fraction of sp³-hybridized carbons (Fsp3) is 0. The maximum atomic E-state index is 5.79. The van der Waals surface area contributed by atoms with E-state index < -0.39 is 0 Å². The van der Waals surface area contributed by atoms with Crippen molar-refractivity contribution in [1.29, 1.82) is 0 Å². The minimum absolute atomic E-state index is 0.793. The molecule has 0 amide bonds. The van der Waals surface area contributed by atoms with Gasteiger partial charge in [-0.05, 0) is 72.8 Å². The van der Waals surface area contributed by atoms with E-state index >= 15 is 0 Å². The highest BCUT2D eigenvalue weighted by Crippen LogP contribution is 2.40. The molecule has 5 aromatic rings. The van der Waals surface area contributed by atoms with Crippen LogP contribution in [0.15, 0.2) is 105 Å². The third-order valence-electron chi connectivity index (χ3n) is 4.65. The predicted octanol–water partition coefficient (Wildman–Crippen LogP) is 7.52. The van der Waals surface area contributed by atoms with Crippen LogP contribution in [0.2, 0.25) is 0 Å². The molecule has 1 heterocycles. The third kappa shape index (κ3) is 3.94. The van der Waals surface area contributed by atoms with Crippen LogP contribution in [-0.2, 0) is 0 Å². The molecule has 5 rings (SSSR count). The van der Waals surface area contributed by atoms with E-state index in [0.29, 0.717) is 0 Å². The van der Waals surface area contributed by atoms with Crippen molar-refractivity contribution in [3.8, 4) is 0 Å². The van der Waals surface area contributed by atoms with Gasteiger partial charge in [-0.1, -0.05) is 35.7 Å². The largest absolute Gasteiger partial charge is 0.399 e. The molecular formula is C24H18N2S3. The van der Waals surface area contributed by atoms with Gasteiger partial charge in [0.25, 0.3) is 0 Å². The van der Waals surface area contributed by atoms with Crippen molar-refractivity contribution in [2.24, 2.45) is 0 Å². The molecule has 0 spiro atoms. The summed E-state index contributed by atoms with van der Waals surface area (Å²) in [5.41, 5.74) is 13.2. The number of nitrogen functional groups attached to an aromatic ring is 2. The summed E-state index contributed by atoms with van der Waals surface area (Å²) in [6.45, 7) is 0. The Bertz CT molecular complexity index is 1200. The van der Waals surface area contributed by atoms with Gasteiger partial charge in [0.05, 0.1) is 0 Å². The highest BCUT2D eigenvalue weighted by atomic mass is 32.2.